The van der Waals surface area contributed by atoms with E-state index in [2.05, 4.69) is 17.2 Å². The van der Waals surface area contributed by atoms with Crippen LogP contribution < -0.4 is 16.6 Å². The predicted octanol–water partition coefficient (Wildman–Crippen LogP) is 1.13. The molecule has 0 unspecified atom stereocenters. The molecule has 7 nitrogen and oxygen atoms in total. The van der Waals surface area contributed by atoms with Crippen molar-refractivity contribution in [2.24, 2.45) is 7.05 Å². The summed E-state index contributed by atoms with van der Waals surface area (Å²) in [4.78, 5) is 35.7. The number of benzene rings is 1. The molecule has 1 heterocycles. The van der Waals surface area contributed by atoms with E-state index in [4.69, 9.17) is 23.2 Å². The average Bonchev–Trinajstić information content (AvgIpc) is 2.59. The molecule has 0 aliphatic heterocycles. The predicted molar refractivity (Wildman–Crippen MR) is 95.3 cm³/mol. The number of anilines is 1. The van der Waals surface area contributed by atoms with Gasteiger partial charge in [0.05, 0.1) is 6.54 Å². The van der Waals surface area contributed by atoms with E-state index in [0.29, 0.717) is 5.56 Å². The van der Waals surface area contributed by atoms with Gasteiger partial charge in [-0.3, -0.25) is 18.7 Å². The minimum Gasteiger partial charge on any atom is -0.508 e. The van der Waals surface area contributed by atoms with Gasteiger partial charge in [0, 0.05) is 12.6 Å². The van der Waals surface area contributed by atoms with Crippen molar-refractivity contribution in [3.8, 4) is 17.6 Å². The minimum absolute atomic E-state index is 0.0650. The number of rotatable bonds is 3. The Kier molecular flexibility index (Phi) is 5.91. The molecule has 0 aliphatic carbocycles. The fraction of sp³-hybridized carbons (Fsp3) is 0.188. The van der Waals surface area contributed by atoms with Gasteiger partial charge in [-0.15, -0.1) is 11.6 Å². The topological polar surface area (TPSA) is 93.3 Å². The van der Waals surface area contributed by atoms with E-state index >= 15 is 0 Å². The molecule has 9 heteroatoms. The Morgan fingerprint density at radius 3 is 2.72 bits per heavy atom. The van der Waals surface area contributed by atoms with Crippen LogP contribution in [0.1, 0.15) is 5.56 Å². The van der Waals surface area contributed by atoms with Crippen LogP contribution >= 0.6 is 23.2 Å². The zero-order chi connectivity index (χ0) is 18.6. The van der Waals surface area contributed by atoms with Crippen molar-refractivity contribution >= 4 is 34.8 Å². The van der Waals surface area contributed by atoms with Crippen LogP contribution in [-0.2, 0) is 18.4 Å². The first-order valence-corrected chi connectivity index (χ1v) is 7.89. The molecule has 0 saturated carbocycles. The zero-order valence-corrected chi connectivity index (χ0v) is 14.6. The number of halogens is 2. The molecule has 1 aromatic heterocycles. The summed E-state index contributed by atoms with van der Waals surface area (Å²) in [6.45, 7) is -0.120. The Morgan fingerprint density at radius 2 is 2.08 bits per heavy atom. The number of phenols is 1. The molecule has 0 spiro atoms. The number of alkyl halides is 1. The molecule has 2 aromatic rings. The third kappa shape index (κ3) is 4.24. The maximum absolute atomic E-state index is 12.2. The molecule has 1 amide bonds. The van der Waals surface area contributed by atoms with Gasteiger partial charge in [0.2, 0.25) is 5.91 Å². The summed E-state index contributed by atoms with van der Waals surface area (Å²) < 4.78 is 1.86. The van der Waals surface area contributed by atoms with E-state index in [-0.39, 0.29) is 29.0 Å². The lowest BCUT2D eigenvalue weighted by molar-refractivity contribution is -0.113. The fourth-order valence-electron chi connectivity index (χ4n) is 1.96. The number of carbonyl (C=O) groups excluding carboxylic acids is 1. The smallest absolute Gasteiger partial charge is 0.332 e. The highest BCUT2D eigenvalue weighted by molar-refractivity contribution is 6.33. The van der Waals surface area contributed by atoms with Crippen LogP contribution in [0.5, 0.6) is 5.75 Å². The first-order valence-electron chi connectivity index (χ1n) is 6.98. The van der Waals surface area contributed by atoms with Crippen molar-refractivity contribution in [2.45, 2.75) is 6.54 Å². The average molecular weight is 382 g/mol. The normalized spacial score (nSPS) is 10.0. The molecule has 0 aliphatic rings. The van der Waals surface area contributed by atoms with E-state index in [9.17, 15) is 19.5 Å². The lowest BCUT2D eigenvalue weighted by Crippen LogP contribution is -2.40. The van der Waals surface area contributed by atoms with Crippen molar-refractivity contribution in [1.82, 2.24) is 9.13 Å². The van der Waals surface area contributed by atoms with Crippen molar-refractivity contribution in [3.63, 3.8) is 0 Å². The number of carbonyl (C=O) groups is 1. The van der Waals surface area contributed by atoms with E-state index in [1.54, 1.807) is 12.1 Å². The largest absolute Gasteiger partial charge is 0.508 e. The lowest BCUT2D eigenvalue weighted by atomic mass is 10.2. The quantitative estimate of drug-likeness (QED) is 0.473. The summed E-state index contributed by atoms with van der Waals surface area (Å²) in [5.41, 5.74) is -1.12. The van der Waals surface area contributed by atoms with Gasteiger partial charge >= 0.3 is 5.69 Å². The van der Waals surface area contributed by atoms with Crippen LogP contribution in [0.3, 0.4) is 0 Å². The molecule has 0 bridgehead atoms. The molecule has 2 N–H and O–H groups in total. The molecule has 0 radical (unpaired) electrons. The molecular formula is C16H13Cl2N3O4. The van der Waals surface area contributed by atoms with Crippen LogP contribution in [0.15, 0.2) is 33.9 Å². The van der Waals surface area contributed by atoms with Crippen LogP contribution in [0, 0.1) is 11.8 Å². The van der Waals surface area contributed by atoms with Crippen molar-refractivity contribution in [3.05, 3.63) is 55.8 Å². The highest BCUT2D eigenvalue weighted by Crippen LogP contribution is 2.15. The van der Waals surface area contributed by atoms with Gasteiger partial charge in [-0.2, -0.15) is 0 Å². The summed E-state index contributed by atoms with van der Waals surface area (Å²) >= 11 is 11.5. The van der Waals surface area contributed by atoms with Crippen molar-refractivity contribution in [1.29, 1.82) is 0 Å². The lowest BCUT2D eigenvalue weighted by Gasteiger charge is -2.12. The highest BCUT2D eigenvalue weighted by atomic mass is 35.5. The third-order valence-corrected chi connectivity index (χ3v) is 3.82. The number of nitrogens with one attached hydrogen (secondary N) is 1. The Labute approximate surface area is 152 Å². The monoisotopic (exact) mass is 381 g/mol. The molecule has 0 saturated heterocycles. The standard InChI is InChI=1S/C16H13Cl2N3O4/c1-20-15(24)13(19-12(23)9-17)14(18)21(16(20)25)7-3-5-10-4-2-6-11(22)8-10/h2,4,6,8,22H,7,9H2,1H3,(H,19,23). The second kappa shape index (κ2) is 7.92. The molecule has 0 fully saturated rings. The van der Waals surface area contributed by atoms with Crippen molar-refractivity contribution < 1.29 is 9.90 Å². The van der Waals surface area contributed by atoms with Crippen LogP contribution in [0.4, 0.5) is 5.69 Å². The number of aromatic nitrogens is 2. The number of nitrogens with zero attached hydrogens (tertiary/aromatic N) is 2. The fourth-order valence-corrected chi connectivity index (χ4v) is 2.29. The van der Waals surface area contributed by atoms with E-state index in [0.717, 1.165) is 9.13 Å². The maximum atomic E-state index is 12.2. The number of aromatic hydroxyl groups is 1. The second-order valence-corrected chi connectivity index (χ2v) is 5.56. The molecule has 130 valence electrons. The SMILES string of the molecule is Cn1c(=O)c(NC(=O)CCl)c(Cl)n(CC#Cc2cccc(O)c2)c1=O. The van der Waals surface area contributed by atoms with Gasteiger partial charge in [0.1, 0.15) is 22.5 Å². The van der Waals surface area contributed by atoms with Gasteiger partial charge < -0.3 is 10.4 Å². The number of hydrogen-bond acceptors (Lipinski definition) is 4. The van der Waals surface area contributed by atoms with Gasteiger partial charge in [0.25, 0.3) is 5.56 Å². The second-order valence-electron chi connectivity index (χ2n) is 4.93. The van der Waals surface area contributed by atoms with E-state index in [1.165, 1.54) is 19.2 Å². The highest BCUT2D eigenvalue weighted by Gasteiger charge is 2.17. The molecular weight excluding hydrogens is 369 g/mol. The zero-order valence-electron chi connectivity index (χ0n) is 13.0. The summed E-state index contributed by atoms with van der Waals surface area (Å²) in [5.74, 6) is 4.57. The van der Waals surface area contributed by atoms with E-state index < -0.39 is 17.2 Å². The molecule has 2 rings (SSSR count). The summed E-state index contributed by atoms with van der Waals surface area (Å²) in [5, 5.41) is 11.4. The van der Waals surface area contributed by atoms with Crippen molar-refractivity contribution in [2.75, 3.05) is 11.2 Å². The van der Waals surface area contributed by atoms with Gasteiger partial charge in [-0.1, -0.05) is 29.5 Å². The Morgan fingerprint density at radius 1 is 1.36 bits per heavy atom. The Hall–Kier alpha value is -2.69. The van der Waals surface area contributed by atoms with Gasteiger partial charge in [0.15, 0.2) is 0 Å². The van der Waals surface area contributed by atoms with Gasteiger partial charge in [-0.05, 0) is 18.2 Å². The van der Waals surface area contributed by atoms with Crippen LogP contribution in [-0.4, -0.2) is 26.0 Å². The Balaban J connectivity index is 2.43. The minimum atomic E-state index is -0.745. The van der Waals surface area contributed by atoms with Crippen LogP contribution in [0.25, 0.3) is 0 Å². The molecule has 1 aromatic carbocycles. The number of hydrogen-bond donors (Lipinski definition) is 2. The summed E-state index contributed by atoms with van der Waals surface area (Å²) in [6.07, 6.45) is 0. The maximum Gasteiger partial charge on any atom is 0.332 e. The summed E-state index contributed by atoms with van der Waals surface area (Å²) in [7, 11) is 1.26. The molecule has 25 heavy (non-hydrogen) atoms. The number of phenolic OH excluding ortho intramolecular Hbond substituents is 1. The first-order chi connectivity index (χ1) is 11.8. The van der Waals surface area contributed by atoms with Crippen LogP contribution in [0.2, 0.25) is 5.15 Å². The summed E-state index contributed by atoms with van der Waals surface area (Å²) in [6, 6.07) is 6.28. The third-order valence-electron chi connectivity index (χ3n) is 3.18. The number of amides is 1. The van der Waals surface area contributed by atoms with E-state index in [1.807, 2.05) is 0 Å². The van der Waals surface area contributed by atoms with Gasteiger partial charge in [-0.25, -0.2) is 4.79 Å². The first kappa shape index (κ1) is 18.6. The Bertz CT molecular complexity index is 999. The molecule has 0 atom stereocenters.